The van der Waals surface area contributed by atoms with Gasteiger partial charge >= 0.3 is 11.7 Å². The number of nitrogens with one attached hydrogen (secondary N) is 1. The van der Waals surface area contributed by atoms with Gasteiger partial charge in [0.25, 0.3) is 5.56 Å². The second-order valence-corrected chi connectivity index (χ2v) is 4.75. The first-order valence-electron chi connectivity index (χ1n) is 5.49. The van der Waals surface area contributed by atoms with Crippen LogP contribution in [0, 0.1) is 0 Å². The summed E-state index contributed by atoms with van der Waals surface area (Å²) in [6.07, 6.45) is 0. The van der Waals surface area contributed by atoms with Crippen molar-refractivity contribution in [2.75, 3.05) is 5.75 Å². The van der Waals surface area contributed by atoms with Crippen molar-refractivity contribution in [2.24, 2.45) is 7.05 Å². The van der Waals surface area contributed by atoms with Gasteiger partial charge in [0.1, 0.15) is 0 Å². The number of aryl methyl sites for hydroxylation is 2. The molecule has 0 spiro atoms. The lowest BCUT2D eigenvalue weighted by atomic mass is 10.5. The zero-order valence-corrected chi connectivity index (χ0v) is 11.2. The molecule has 0 radical (unpaired) electrons. The molecule has 2 aromatic heterocycles. The number of fused-ring (bicyclic) bond motifs is 1. The van der Waals surface area contributed by atoms with Crippen molar-refractivity contribution < 1.29 is 9.90 Å². The molecule has 2 heterocycles. The Kier molecular flexibility index (Phi) is 3.47. The highest BCUT2D eigenvalue weighted by Crippen LogP contribution is 2.20. The maximum atomic E-state index is 11.8. The van der Waals surface area contributed by atoms with Crippen LogP contribution in [0.4, 0.5) is 0 Å². The summed E-state index contributed by atoms with van der Waals surface area (Å²) >= 11 is 1.01. The van der Waals surface area contributed by atoms with Crippen molar-refractivity contribution >= 4 is 28.9 Å². The van der Waals surface area contributed by atoms with Gasteiger partial charge in [-0.15, -0.1) is 0 Å². The van der Waals surface area contributed by atoms with Crippen LogP contribution in [0.5, 0.6) is 0 Å². The molecule has 0 aromatic carbocycles. The number of rotatable bonds is 4. The standard InChI is InChI=1S/C10H12N4O4S/c1-3-14-6-7(11-10(14)19-4-5(15)16)13(2)9(18)12-8(6)17/h3-4H2,1-2H3,(H,15,16)(H,12,17,18). The number of H-pyrrole nitrogens is 1. The summed E-state index contributed by atoms with van der Waals surface area (Å²) in [4.78, 5) is 40.3. The van der Waals surface area contributed by atoms with Gasteiger partial charge in [-0.25, -0.2) is 9.78 Å². The van der Waals surface area contributed by atoms with E-state index < -0.39 is 17.2 Å². The number of aliphatic carboxylic acids is 1. The van der Waals surface area contributed by atoms with E-state index in [2.05, 4.69) is 9.97 Å². The normalized spacial score (nSPS) is 11.1. The van der Waals surface area contributed by atoms with E-state index in [9.17, 15) is 14.4 Å². The SMILES string of the molecule is CCn1c(SCC(=O)O)nc2c1c(=O)[nH]c(=O)n2C. The number of carboxylic acid groups (broad SMARTS) is 1. The Morgan fingerprint density at radius 3 is 2.74 bits per heavy atom. The summed E-state index contributed by atoms with van der Waals surface area (Å²) in [5.41, 5.74) is -0.538. The van der Waals surface area contributed by atoms with Gasteiger partial charge in [-0.3, -0.25) is 19.1 Å². The van der Waals surface area contributed by atoms with Crippen LogP contribution in [0.25, 0.3) is 11.2 Å². The molecule has 0 atom stereocenters. The van der Waals surface area contributed by atoms with Gasteiger partial charge in [0.05, 0.1) is 5.75 Å². The van der Waals surface area contributed by atoms with Crippen molar-refractivity contribution in [1.29, 1.82) is 0 Å². The first-order chi connectivity index (χ1) is 8.95. The van der Waals surface area contributed by atoms with Crippen LogP contribution in [0.3, 0.4) is 0 Å². The van der Waals surface area contributed by atoms with E-state index in [-0.39, 0.29) is 16.9 Å². The minimum atomic E-state index is -0.970. The number of thioether (sulfide) groups is 1. The number of carbonyl (C=O) groups is 1. The van der Waals surface area contributed by atoms with Crippen molar-refractivity contribution in [3.05, 3.63) is 20.8 Å². The average molecular weight is 284 g/mol. The van der Waals surface area contributed by atoms with Crippen LogP contribution in [0.2, 0.25) is 0 Å². The molecule has 9 heteroatoms. The molecule has 0 fully saturated rings. The topological polar surface area (TPSA) is 110 Å². The van der Waals surface area contributed by atoms with Gasteiger partial charge in [-0.2, -0.15) is 0 Å². The predicted molar refractivity (Wildman–Crippen MR) is 69.6 cm³/mol. The molecule has 0 amide bonds. The third kappa shape index (κ3) is 2.28. The van der Waals surface area contributed by atoms with Crippen LogP contribution in [0.1, 0.15) is 6.92 Å². The van der Waals surface area contributed by atoms with E-state index >= 15 is 0 Å². The highest BCUT2D eigenvalue weighted by atomic mass is 32.2. The smallest absolute Gasteiger partial charge is 0.329 e. The zero-order valence-electron chi connectivity index (χ0n) is 10.3. The van der Waals surface area contributed by atoms with Crippen molar-refractivity contribution in [3.63, 3.8) is 0 Å². The number of aromatic nitrogens is 4. The molecular weight excluding hydrogens is 272 g/mol. The van der Waals surface area contributed by atoms with E-state index in [1.165, 1.54) is 11.6 Å². The van der Waals surface area contributed by atoms with Gasteiger partial charge in [0.15, 0.2) is 16.3 Å². The fourth-order valence-corrected chi connectivity index (χ4v) is 2.52. The van der Waals surface area contributed by atoms with Crippen molar-refractivity contribution in [3.8, 4) is 0 Å². The lowest BCUT2D eigenvalue weighted by Gasteiger charge is -2.03. The van der Waals surface area contributed by atoms with E-state index in [1.807, 2.05) is 6.92 Å². The Bertz CT molecular complexity index is 757. The molecule has 8 nitrogen and oxygen atoms in total. The molecule has 0 saturated carbocycles. The molecule has 2 aromatic rings. The van der Waals surface area contributed by atoms with Crippen LogP contribution in [0.15, 0.2) is 14.7 Å². The Balaban J connectivity index is 2.70. The number of nitrogens with zero attached hydrogens (tertiary/aromatic N) is 3. The first-order valence-corrected chi connectivity index (χ1v) is 6.48. The van der Waals surface area contributed by atoms with Gasteiger partial charge in [-0.05, 0) is 6.92 Å². The number of carboxylic acids is 1. The van der Waals surface area contributed by atoms with Crippen molar-refractivity contribution in [2.45, 2.75) is 18.6 Å². The Morgan fingerprint density at radius 1 is 1.47 bits per heavy atom. The van der Waals surface area contributed by atoms with Crippen LogP contribution in [-0.2, 0) is 18.4 Å². The van der Waals surface area contributed by atoms with Gasteiger partial charge < -0.3 is 9.67 Å². The summed E-state index contributed by atoms with van der Waals surface area (Å²) in [7, 11) is 1.50. The van der Waals surface area contributed by atoms with E-state index in [0.29, 0.717) is 11.7 Å². The minimum absolute atomic E-state index is 0.158. The average Bonchev–Trinajstić information content (AvgIpc) is 2.72. The van der Waals surface area contributed by atoms with Crippen LogP contribution in [-0.4, -0.2) is 35.9 Å². The molecule has 0 saturated heterocycles. The third-order valence-electron chi connectivity index (χ3n) is 2.61. The van der Waals surface area contributed by atoms with Crippen LogP contribution < -0.4 is 11.2 Å². The highest BCUT2D eigenvalue weighted by molar-refractivity contribution is 7.99. The molecule has 19 heavy (non-hydrogen) atoms. The predicted octanol–water partition coefficient (Wildman–Crippen LogP) is -0.380. The summed E-state index contributed by atoms with van der Waals surface area (Å²) in [6, 6.07) is 0. The Hall–Kier alpha value is -2.03. The first kappa shape index (κ1) is 13.4. The molecule has 0 bridgehead atoms. The molecule has 0 aliphatic heterocycles. The molecule has 0 aliphatic carbocycles. The Morgan fingerprint density at radius 2 is 2.16 bits per heavy atom. The summed E-state index contributed by atoms with van der Waals surface area (Å²) in [5.74, 6) is -1.13. The second kappa shape index (κ2) is 4.92. The highest BCUT2D eigenvalue weighted by Gasteiger charge is 2.17. The van der Waals surface area contributed by atoms with E-state index in [4.69, 9.17) is 5.11 Å². The van der Waals surface area contributed by atoms with Crippen LogP contribution >= 0.6 is 11.8 Å². The Labute approximate surface area is 111 Å². The lowest BCUT2D eigenvalue weighted by Crippen LogP contribution is -2.29. The fourth-order valence-electron chi connectivity index (χ4n) is 1.74. The minimum Gasteiger partial charge on any atom is -0.481 e. The van der Waals surface area contributed by atoms with Gasteiger partial charge in [0, 0.05) is 13.6 Å². The molecule has 0 aliphatic rings. The molecule has 2 rings (SSSR count). The van der Waals surface area contributed by atoms with Gasteiger partial charge in [-0.1, -0.05) is 11.8 Å². The molecular formula is C10H12N4O4S. The molecule has 2 N–H and O–H groups in total. The number of imidazole rings is 1. The fraction of sp³-hybridized carbons (Fsp3) is 0.400. The quantitative estimate of drug-likeness (QED) is 0.741. The maximum Gasteiger partial charge on any atom is 0.329 e. The molecule has 0 unspecified atom stereocenters. The monoisotopic (exact) mass is 284 g/mol. The number of hydrogen-bond donors (Lipinski definition) is 2. The second-order valence-electron chi connectivity index (χ2n) is 3.81. The maximum absolute atomic E-state index is 11.8. The van der Waals surface area contributed by atoms with Crippen molar-refractivity contribution in [1.82, 2.24) is 19.1 Å². The zero-order chi connectivity index (χ0) is 14.2. The van der Waals surface area contributed by atoms with Gasteiger partial charge in [0.2, 0.25) is 0 Å². The summed E-state index contributed by atoms with van der Waals surface area (Å²) < 4.78 is 2.83. The summed E-state index contributed by atoms with van der Waals surface area (Å²) in [5, 5.41) is 9.09. The summed E-state index contributed by atoms with van der Waals surface area (Å²) in [6.45, 7) is 2.27. The molecule has 102 valence electrons. The number of hydrogen-bond acceptors (Lipinski definition) is 5. The van der Waals surface area contributed by atoms with E-state index in [0.717, 1.165) is 11.8 Å². The number of aromatic amines is 1. The lowest BCUT2D eigenvalue weighted by molar-refractivity contribution is -0.133. The third-order valence-corrected chi connectivity index (χ3v) is 3.57. The largest absolute Gasteiger partial charge is 0.481 e. The van der Waals surface area contributed by atoms with E-state index in [1.54, 1.807) is 4.57 Å².